The number of aromatic amines is 1. The summed E-state index contributed by atoms with van der Waals surface area (Å²) < 4.78 is 28.2. The first-order valence-electron chi connectivity index (χ1n) is 11.1. The number of hydrogen-bond acceptors (Lipinski definition) is 5. The molecule has 0 radical (unpaired) electrons. The number of H-pyrrole nitrogens is 1. The van der Waals surface area contributed by atoms with Gasteiger partial charge >= 0.3 is 0 Å². The van der Waals surface area contributed by atoms with Crippen LogP contribution in [0.25, 0.3) is 10.9 Å². The van der Waals surface area contributed by atoms with E-state index in [0.717, 1.165) is 44.5 Å². The van der Waals surface area contributed by atoms with E-state index in [1.165, 1.54) is 11.3 Å². The first kappa shape index (κ1) is 22.8. The second-order valence-corrected chi connectivity index (χ2v) is 11.6. The number of amides is 1. The molecule has 0 atom stereocenters. The Morgan fingerprint density at radius 2 is 2.03 bits per heavy atom. The third-order valence-electron chi connectivity index (χ3n) is 6.66. The first-order valence-corrected chi connectivity index (χ1v) is 13.5. The highest BCUT2D eigenvalue weighted by Crippen LogP contribution is 2.29. The number of para-hydroxylation sites is 1. The molecule has 9 heteroatoms. The monoisotopic (exact) mass is 494 g/mol. The molecule has 0 spiro atoms. The van der Waals surface area contributed by atoms with E-state index in [-0.39, 0.29) is 12.5 Å². The molecule has 0 fully saturated rings. The minimum Gasteiger partial charge on any atom is -0.358 e. The quantitative estimate of drug-likeness (QED) is 0.434. The van der Waals surface area contributed by atoms with E-state index in [1.54, 1.807) is 17.5 Å². The SMILES string of the molecule is Cc1ncc2c(c1CNS(=O)(=O)c1cccs1)CCN(C(=O)c1cccc3c(C)c(C)[nH]c13)C2. The van der Waals surface area contributed by atoms with Crippen LogP contribution < -0.4 is 4.72 Å². The normalized spacial score (nSPS) is 13.9. The molecule has 0 unspecified atom stereocenters. The summed E-state index contributed by atoms with van der Waals surface area (Å²) in [5, 5.41) is 2.81. The molecule has 0 aliphatic carbocycles. The Balaban J connectivity index is 1.40. The summed E-state index contributed by atoms with van der Waals surface area (Å²) in [7, 11) is -3.57. The van der Waals surface area contributed by atoms with Crippen LogP contribution in [0.15, 0.2) is 46.1 Å². The molecule has 1 aliphatic heterocycles. The Hall–Kier alpha value is -3.01. The smallest absolute Gasteiger partial charge is 0.256 e. The van der Waals surface area contributed by atoms with Crippen LogP contribution in [0, 0.1) is 20.8 Å². The average molecular weight is 495 g/mol. The summed E-state index contributed by atoms with van der Waals surface area (Å²) in [6, 6.07) is 9.14. The summed E-state index contributed by atoms with van der Waals surface area (Å²) in [5.41, 5.74) is 7.49. The fourth-order valence-electron chi connectivity index (χ4n) is 4.62. The molecule has 0 bridgehead atoms. The highest BCUT2D eigenvalue weighted by atomic mass is 32.2. The first-order chi connectivity index (χ1) is 16.3. The molecule has 3 aromatic heterocycles. The van der Waals surface area contributed by atoms with E-state index in [2.05, 4.69) is 21.6 Å². The zero-order chi connectivity index (χ0) is 24.0. The van der Waals surface area contributed by atoms with E-state index in [9.17, 15) is 13.2 Å². The maximum Gasteiger partial charge on any atom is 0.256 e. The predicted octanol–water partition coefficient (Wildman–Crippen LogP) is 4.23. The number of benzene rings is 1. The molecule has 0 saturated heterocycles. The number of pyridine rings is 1. The summed E-state index contributed by atoms with van der Waals surface area (Å²) in [4.78, 5) is 23.2. The molecule has 1 amide bonds. The van der Waals surface area contributed by atoms with Crippen molar-refractivity contribution >= 4 is 38.2 Å². The van der Waals surface area contributed by atoms with Crippen molar-refractivity contribution in [1.82, 2.24) is 19.6 Å². The molecular weight excluding hydrogens is 468 g/mol. The van der Waals surface area contributed by atoms with Crippen molar-refractivity contribution in [2.45, 2.75) is 44.5 Å². The Morgan fingerprint density at radius 3 is 2.79 bits per heavy atom. The van der Waals surface area contributed by atoms with Crippen molar-refractivity contribution < 1.29 is 13.2 Å². The van der Waals surface area contributed by atoms with Gasteiger partial charge in [0.05, 0.1) is 11.1 Å². The number of rotatable bonds is 5. The minimum atomic E-state index is -3.57. The molecule has 4 aromatic rings. The molecule has 176 valence electrons. The van der Waals surface area contributed by atoms with Crippen molar-refractivity contribution in [3.05, 3.63) is 81.1 Å². The van der Waals surface area contributed by atoms with E-state index in [4.69, 9.17) is 0 Å². The fraction of sp³-hybridized carbons (Fsp3) is 0.280. The molecule has 34 heavy (non-hydrogen) atoms. The van der Waals surface area contributed by atoms with Crippen molar-refractivity contribution in [2.75, 3.05) is 6.54 Å². The fourth-order valence-corrected chi connectivity index (χ4v) is 6.65. The van der Waals surface area contributed by atoms with Gasteiger partial charge in [0.2, 0.25) is 10.0 Å². The lowest BCUT2D eigenvalue weighted by Crippen LogP contribution is -2.37. The van der Waals surface area contributed by atoms with Gasteiger partial charge < -0.3 is 9.88 Å². The van der Waals surface area contributed by atoms with E-state index >= 15 is 0 Å². The second-order valence-electron chi connectivity index (χ2n) is 8.66. The van der Waals surface area contributed by atoms with Crippen LogP contribution in [0.3, 0.4) is 0 Å². The van der Waals surface area contributed by atoms with Gasteiger partial charge in [-0.1, -0.05) is 18.2 Å². The number of carbonyl (C=O) groups is 1. The number of aromatic nitrogens is 2. The van der Waals surface area contributed by atoms with Crippen LogP contribution in [0.5, 0.6) is 0 Å². The lowest BCUT2D eigenvalue weighted by Gasteiger charge is -2.30. The topological polar surface area (TPSA) is 95.2 Å². The number of sulfonamides is 1. The molecule has 7 nitrogen and oxygen atoms in total. The number of carbonyl (C=O) groups excluding carboxylic acids is 1. The van der Waals surface area contributed by atoms with Gasteiger partial charge in [-0.25, -0.2) is 13.1 Å². The zero-order valence-electron chi connectivity index (χ0n) is 19.3. The summed E-state index contributed by atoms with van der Waals surface area (Å²) >= 11 is 1.19. The molecule has 2 N–H and O–H groups in total. The van der Waals surface area contributed by atoms with Gasteiger partial charge in [-0.3, -0.25) is 9.78 Å². The Morgan fingerprint density at radius 1 is 1.21 bits per heavy atom. The number of fused-ring (bicyclic) bond motifs is 2. The number of aryl methyl sites for hydroxylation is 3. The van der Waals surface area contributed by atoms with Crippen molar-refractivity contribution in [2.24, 2.45) is 0 Å². The summed E-state index contributed by atoms with van der Waals surface area (Å²) in [5.74, 6) is -0.0157. The van der Waals surface area contributed by atoms with Gasteiger partial charge in [-0.2, -0.15) is 0 Å². The lowest BCUT2D eigenvalue weighted by atomic mass is 9.94. The zero-order valence-corrected chi connectivity index (χ0v) is 20.9. The number of nitrogens with zero attached hydrogens (tertiary/aromatic N) is 2. The van der Waals surface area contributed by atoms with Gasteiger partial charge in [-0.15, -0.1) is 11.3 Å². The molecule has 5 rings (SSSR count). The predicted molar refractivity (Wildman–Crippen MR) is 134 cm³/mol. The minimum absolute atomic E-state index is 0.0157. The molecule has 1 aliphatic rings. The summed E-state index contributed by atoms with van der Waals surface area (Å²) in [6.45, 7) is 7.15. The highest BCUT2D eigenvalue weighted by molar-refractivity contribution is 7.91. The largest absolute Gasteiger partial charge is 0.358 e. The van der Waals surface area contributed by atoms with E-state index in [1.807, 2.05) is 43.1 Å². The van der Waals surface area contributed by atoms with Crippen molar-refractivity contribution in [1.29, 1.82) is 0 Å². The molecule has 1 aromatic carbocycles. The maximum atomic E-state index is 13.5. The van der Waals surface area contributed by atoms with Crippen LogP contribution in [-0.4, -0.2) is 35.7 Å². The van der Waals surface area contributed by atoms with Crippen LogP contribution in [-0.2, 0) is 29.5 Å². The number of thiophene rings is 1. The Kier molecular flexibility index (Phi) is 5.79. The van der Waals surface area contributed by atoms with Gasteiger partial charge in [-0.05, 0) is 67.0 Å². The van der Waals surface area contributed by atoms with Crippen LogP contribution in [0.4, 0.5) is 0 Å². The van der Waals surface area contributed by atoms with Gasteiger partial charge in [0.25, 0.3) is 5.91 Å². The highest BCUT2D eigenvalue weighted by Gasteiger charge is 2.27. The van der Waals surface area contributed by atoms with Gasteiger partial charge in [0.15, 0.2) is 0 Å². The Bertz CT molecular complexity index is 1500. The average Bonchev–Trinajstić information content (AvgIpc) is 3.47. The van der Waals surface area contributed by atoms with Gasteiger partial charge in [0.1, 0.15) is 4.21 Å². The molecule has 4 heterocycles. The molecular formula is C25H26N4O3S2. The van der Waals surface area contributed by atoms with E-state index < -0.39 is 10.0 Å². The van der Waals surface area contributed by atoms with Crippen LogP contribution >= 0.6 is 11.3 Å². The van der Waals surface area contributed by atoms with E-state index in [0.29, 0.717) is 29.3 Å². The summed E-state index contributed by atoms with van der Waals surface area (Å²) in [6.07, 6.45) is 2.46. The molecule has 0 saturated carbocycles. The lowest BCUT2D eigenvalue weighted by molar-refractivity contribution is 0.0736. The maximum absolute atomic E-state index is 13.5. The third kappa shape index (κ3) is 3.93. The second kappa shape index (κ2) is 8.65. The van der Waals surface area contributed by atoms with Crippen LogP contribution in [0.1, 0.15) is 44.0 Å². The Labute approximate surface area is 202 Å². The number of hydrogen-bond donors (Lipinski definition) is 2. The standard InChI is InChI=1S/C25H26N4O3S2/c1-15-16(2)28-24-19(15)6-4-7-21(24)25(30)29-10-9-20-18(14-29)12-26-17(3)22(20)13-27-34(31,32)23-8-5-11-33-23/h4-8,11-12,27-28H,9-10,13-14H2,1-3H3. The van der Waals surface area contributed by atoms with Gasteiger partial charge in [0, 0.05) is 42.6 Å². The number of nitrogens with one attached hydrogen (secondary N) is 2. The van der Waals surface area contributed by atoms with Crippen molar-refractivity contribution in [3.63, 3.8) is 0 Å². The van der Waals surface area contributed by atoms with Crippen molar-refractivity contribution in [3.8, 4) is 0 Å². The third-order valence-corrected chi connectivity index (χ3v) is 9.45. The van der Waals surface area contributed by atoms with Crippen LogP contribution in [0.2, 0.25) is 0 Å².